The maximum atomic E-state index is 12.9. The van der Waals surface area contributed by atoms with E-state index in [2.05, 4.69) is 42.3 Å². The van der Waals surface area contributed by atoms with Gasteiger partial charge in [-0.15, -0.1) is 23.1 Å². The Kier molecular flexibility index (Phi) is 5.39. The van der Waals surface area contributed by atoms with Crippen LogP contribution in [0, 0.1) is 5.92 Å². The molecule has 1 aromatic heterocycles. The highest BCUT2D eigenvalue weighted by atomic mass is 32.2. The molecule has 4 nitrogen and oxygen atoms in total. The van der Waals surface area contributed by atoms with Crippen molar-refractivity contribution in [1.82, 2.24) is 15.2 Å². The van der Waals surface area contributed by atoms with Gasteiger partial charge in [-0.3, -0.25) is 9.69 Å². The molecule has 3 heterocycles. The van der Waals surface area contributed by atoms with Crippen LogP contribution in [0.4, 0.5) is 0 Å². The van der Waals surface area contributed by atoms with Crippen LogP contribution in [0.15, 0.2) is 59.6 Å². The van der Waals surface area contributed by atoms with Gasteiger partial charge >= 0.3 is 0 Å². The smallest absolute Gasteiger partial charge is 0.256 e. The van der Waals surface area contributed by atoms with E-state index in [0.29, 0.717) is 22.8 Å². The summed E-state index contributed by atoms with van der Waals surface area (Å²) in [4.78, 5) is 20.4. The summed E-state index contributed by atoms with van der Waals surface area (Å²) in [6, 6.07) is 18.3. The Hall–Kier alpha value is -2.15. The van der Waals surface area contributed by atoms with Crippen molar-refractivity contribution in [3.63, 3.8) is 0 Å². The molecule has 2 unspecified atom stereocenters. The van der Waals surface area contributed by atoms with Crippen molar-refractivity contribution in [1.29, 1.82) is 0 Å². The second-order valence-electron chi connectivity index (χ2n) is 8.19. The van der Waals surface area contributed by atoms with Crippen molar-refractivity contribution in [2.45, 2.75) is 31.6 Å². The van der Waals surface area contributed by atoms with Crippen LogP contribution in [0.1, 0.15) is 35.6 Å². The van der Waals surface area contributed by atoms with Gasteiger partial charge in [-0.1, -0.05) is 30.3 Å². The Labute approximate surface area is 185 Å². The molecule has 1 amide bonds. The molecule has 5 rings (SSSR count). The summed E-state index contributed by atoms with van der Waals surface area (Å²) in [5.41, 5.74) is 2.96. The van der Waals surface area contributed by atoms with Crippen molar-refractivity contribution in [3.05, 3.63) is 70.2 Å². The van der Waals surface area contributed by atoms with Crippen LogP contribution in [0.5, 0.6) is 0 Å². The van der Waals surface area contributed by atoms with E-state index in [0.717, 1.165) is 35.1 Å². The van der Waals surface area contributed by atoms with E-state index < -0.39 is 0 Å². The summed E-state index contributed by atoms with van der Waals surface area (Å²) in [5, 5.41) is 5.74. The number of benzene rings is 2. The molecule has 3 aromatic rings. The third-order valence-electron chi connectivity index (χ3n) is 5.99. The Morgan fingerprint density at radius 3 is 2.67 bits per heavy atom. The van der Waals surface area contributed by atoms with Gasteiger partial charge in [-0.2, -0.15) is 0 Å². The number of fused-ring (bicyclic) bond motifs is 2. The van der Waals surface area contributed by atoms with E-state index in [1.54, 1.807) is 11.3 Å². The van der Waals surface area contributed by atoms with Gasteiger partial charge in [0.15, 0.2) is 0 Å². The van der Waals surface area contributed by atoms with Crippen molar-refractivity contribution in [2.75, 3.05) is 13.1 Å². The first-order chi connectivity index (χ1) is 14.6. The molecule has 2 aliphatic rings. The van der Waals surface area contributed by atoms with Gasteiger partial charge in [0.1, 0.15) is 5.01 Å². The Balaban J connectivity index is 1.52. The van der Waals surface area contributed by atoms with Gasteiger partial charge in [-0.25, -0.2) is 4.98 Å². The SMILES string of the molecule is CC(C)N1CCC2C(c3nc4ccccc4s3)=C(NC(=O)c3ccccc3)SC2C1. The summed E-state index contributed by atoms with van der Waals surface area (Å²) in [5.74, 6) is 0.382. The lowest BCUT2D eigenvalue weighted by molar-refractivity contribution is 0.0969. The predicted molar refractivity (Wildman–Crippen MR) is 127 cm³/mol. The van der Waals surface area contributed by atoms with E-state index in [9.17, 15) is 4.79 Å². The fourth-order valence-electron chi connectivity index (χ4n) is 4.35. The van der Waals surface area contributed by atoms with Crippen LogP contribution in [-0.2, 0) is 0 Å². The Morgan fingerprint density at radius 2 is 1.90 bits per heavy atom. The molecule has 2 aromatic carbocycles. The van der Waals surface area contributed by atoms with Crippen molar-refractivity contribution in [2.24, 2.45) is 5.92 Å². The number of allylic oxidation sites excluding steroid dienone is 1. The number of thioether (sulfide) groups is 1. The first kappa shape index (κ1) is 19.8. The average molecular weight is 436 g/mol. The number of hydrogen-bond donors (Lipinski definition) is 1. The van der Waals surface area contributed by atoms with Crippen molar-refractivity contribution in [3.8, 4) is 0 Å². The second kappa shape index (κ2) is 8.17. The maximum Gasteiger partial charge on any atom is 0.256 e. The predicted octanol–water partition coefficient (Wildman–Crippen LogP) is 5.24. The summed E-state index contributed by atoms with van der Waals surface area (Å²) >= 11 is 3.56. The normalized spacial score (nSPS) is 22.0. The quantitative estimate of drug-likeness (QED) is 0.609. The highest BCUT2D eigenvalue weighted by Gasteiger charge is 2.42. The summed E-state index contributed by atoms with van der Waals surface area (Å²) in [6.45, 7) is 6.67. The molecule has 0 radical (unpaired) electrons. The molecule has 2 aliphatic heterocycles. The van der Waals surface area contributed by atoms with E-state index >= 15 is 0 Å². The van der Waals surface area contributed by atoms with Gasteiger partial charge in [0.25, 0.3) is 5.91 Å². The van der Waals surface area contributed by atoms with Gasteiger partial charge < -0.3 is 5.32 Å². The van der Waals surface area contributed by atoms with Crippen LogP contribution >= 0.6 is 23.1 Å². The first-order valence-electron chi connectivity index (χ1n) is 10.5. The van der Waals surface area contributed by atoms with E-state index in [4.69, 9.17) is 4.98 Å². The molecule has 0 saturated carbocycles. The zero-order chi connectivity index (χ0) is 20.7. The van der Waals surface area contributed by atoms with Crippen LogP contribution in [0.3, 0.4) is 0 Å². The van der Waals surface area contributed by atoms with Crippen LogP contribution in [-0.4, -0.2) is 40.2 Å². The largest absolute Gasteiger partial charge is 0.316 e. The number of nitrogens with zero attached hydrogens (tertiary/aromatic N) is 2. The Morgan fingerprint density at radius 1 is 1.13 bits per heavy atom. The number of carbonyl (C=O) groups is 1. The highest BCUT2D eigenvalue weighted by Crippen LogP contribution is 2.50. The van der Waals surface area contributed by atoms with Gasteiger partial charge in [0.05, 0.1) is 15.2 Å². The van der Waals surface area contributed by atoms with E-state index in [1.165, 1.54) is 10.3 Å². The van der Waals surface area contributed by atoms with Crippen molar-refractivity contribution < 1.29 is 4.79 Å². The number of para-hydroxylation sites is 1. The molecule has 0 spiro atoms. The molecule has 30 heavy (non-hydrogen) atoms. The molecule has 154 valence electrons. The number of hydrogen-bond acceptors (Lipinski definition) is 5. The third kappa shape index (κ3) is 3.68. The number of amides is 1. The molecule has 2 atom stereocenters. The van der Waals surface area contributed by atoms with Gasteiger partial charge in [0.2, 0.25) is 0 Å². The fraction of sp³-hybridized carbons (Fsp3) is 0.333. The average Bonchev–Trinajstić information content (AvgIpc) is 3.34. The minimum Gasteiger partial charge on any atom is -0.316 e. The zero-order valence-electron chi connectivity index (χ0n) is 17.2. The molecule has 1 fully saturated rings. The van der Waals surface area contributed by atoms with Crippen LogP contribution in [0.25, 0.3) is 15.8 Å². The second-order valence-corrected chi connectivity index (χ2v) is 10.5. The lowest BCUT2D eigenvalue weighted by atomic mass is 9.89. The van der Waals surface area contributed by atoms with E-state index in [1.807, 2.05) is 48.2 Å². The van der Waals surface area contributed by atoms with Crippen LogP contribution < -0.4 is 5.32 Å². The van der Waals surface area contributed by atoms with Crippen molar-refractivity contribution >= 4 is 44.8 Å². The summed E-state index contributed by atoms with van der Waals surface area (Å²) < 4.78 is 1.20. The number of piperidine rings is 1. The van der Waals surface area contributed by atoms with Gasteiger partial charge in [-0.05, 0) is 51.1 Å². The monoisotopic (exact) mass is 435 g/mol. The topological polar surface area (TPSA) is 45.2 Å². The number of nitrogens with one attached hydrogen (secondary N) is 1. The minimum absolute atomic E-state index is 0.0453. The maximum absolute atomic E-state index is 12.9. The standard InChI is InChI=1S/C24H25N3OS2/c1-15(2)27-13-12-17-20(14-27)30-24(26-22(28)16-8-4-3-5-9-16)21(17)23-25-18-10-6-7-11-19(18)29-23/h3-11,15,17,20H,12-14H2,1-2H3,(H,26,28). The summed E-state index contributed by atoms with van der Waals surface area (Å²) in [7, 11) is 0. The lowest BCUT2D eigenvalue weighted by Gasteiger charge is -2.37. The number of carbonyl (C=O) groups excluding carboxylic acids is 1. The number of thiazole rings is 1. The third-order valence-corrected chi connectivity index (χ3v) is 8.40. The number of likely N-dealkylation sites (tertiary alicyclic amines) is 1. The molecule has 1 saturated heterocycles. The molecule has 0 aliphatic carbocycles. The van der Waals surface area contributed by atoms with Crippen LogP contribution in [0.2, 0.25) is 0 Å². The molecular weight excluding hydrogens is 410 g/mol. The zero-order valence-corrected chi connectivity index (χ0v) is 18.8. The summed E-state index contributed by atoms with van der Waals surface area (Å²) in [6.07, 6.45) is 1.10. The minimum atomic E-state index is -0.0453. The van der Waals surface area contributed by atoms with Gasteiger partial charge in [0, 0.05) is 34.9 Å². The molecule has 1 N–H and O–H groups in total. The Bertz CT molecular complexity index is 1070. The molecule has 6 heteroatoms. The fourth-order valence-corrected chi connectivity index (χ4v) is 7.02. The number of rotatable bonds is 4. The molecular formula is C24H25N3OS2. The van der Waals surface area contributed by atoms with E-state index in [-0.39, 0.29) is 5.91 Å². The number of aromatic nitrogens is 1. The molecule has 0 bridgehead atoms. The first-order valence-corrected chi connectivity index (χ1v) is 12.2. The highest BCUT2D eigenvalue weighted by molar-refractivity contribution is 8.04. The lowest BCUT2D eigenvalue weighted by Crippen LogP contribution is -2.44.